The molecule has 6 nitrogen and oxygen atoms in total. The van der Waals surface area contributed by atoms with Crippen LogP contribution >= 0.6 is 11.3 Å². The van der Waals surface area contributed by atoms with Crippen molar-refractivity contribution in [2.75, 3.05) is 31.3 Å². The largest absolute Gasteiger partial charge is 0.354 e. The van der Waals surface area contributed by atoms with Gasteiger partial charge in [-0.3, -0.25) is 0 Å². The summed E-state index contributed by atoms with van der Waals surface area (Å²) in [5.41, 5.74) is 0. The summed E-state index contributed by atoms with van der Waals surface area (Å²) in [4.78, 5) is 11.8. The molecule has 2 aromatic rings. The molecule has 0 amide bonds. The van der Waals surface area contributed by atoms with E-state index in [2.05, 4.69) is 14.9 Å². The van der Waals surface area contributed by atoms with Gasteiger partial charge in [-0.25, -0.2) is 22.7 Å². The first-order chi connectivity index (χ1) is 9.97. The van der Waals surface area contributed by atoms with Crippen molar-refractivity contribution >= 4 is 37.4 Å². The highest BCUT2D eigenvalue weighted by molar-refractivity contribution is 7.88. The van der Waals surface area contributed by atoms with Gasteiger partial charge >= 0.3 is 0 Å². The van der Waals surface area contributed by atoms with Gasteiger partial charge in [-0.2, -0.15) is 0 Å². The van der Waals surface area contributed by atoms with Crippen LogP contribution in [0.15, 0.2) is 17.8 Å². The Morgan fingerprint density at radius 3 is 3.00 bits per heavy atom. The number of likely N-dealkylation sites (N-methyl/N-ethyl adjacent to an activating group) is 1. The number of thiophene rings is 1. The Bertz CT molecular complexity index is 743. The lowest BCUT2D eigenvalue weighted by molar-refractivity contribution is 0.321. The minimum Gasteiger partial charge on any atom is -0.354 e. The van der Waals surface area contributed by atoms with E-state index in [0.717, 1.165) is 35.4 Å². The van der Waals surface area contributed by atoms with Gasteiger partial charge in [0.1, 0.15) is 17.0 Å². The van der Waals surface area contributed by atoms with E-state index in [1.165, 1.54) is 10.6 Å². The molecule has 1 unspecified atom stereocenters. The summed E-state index contributed by atoms with van der Waals surface area (Å²) in [5, 5.41) is 3.05. The molecule has 1 aliphatic rings. The van der Waals surface area contributed by atoms with Crippen LogP contribution in [-0.4, -0.2) is 55.1 Å². The maximum Gasteiger partial charge on any atom is 0.211 e. The summed E-state index contributed by atoms with van der Waals surface area (Å²) < 4.78 is 24.9. The number of hydrogen-bond donors (Lipinski definition) is 0. The Morgan fingerprint density at radius 1 is 1.43 bits per heavy atom. The predicted molar refractivity (Wildman–Crippen MR) is 85.3 cm³/mol. The van der Waals surface area contributed by atoms with Crippen molar-refractivity contribution in [2.45, 2.75) is 18.9 Å². The zero-order chi connectivity index (χ0) is 15.0. The van der Waals surface area contributed by atoms with Crippen LogP contribution in [0.3, 0.4) is 0 Å². The van der Waals surface area contributed by atoms with Gasteiger partial charge in [0.25, 0.3) is 0 Å². The Hall–Kier alpha value is -1.25. The molecule has 0 spiro atoms. The smallest absolute Gasteiger partial charge is 0.211 e. The van der Waals surface area contributed by atoms with Gasteiger partial charge in [0.15, 0.2) is 0 Å². The van der Waals surface area contributed by atoms with Crippen LogP contribution in [0.1, 0.15) is 12.8 Å². The SMILES string of the molecule is CN(C1CCCN(c2ncnc3sccc23)C1)S(C)(=O)=O. The molecule has 1 saturated heterocycles. The van der Waals surface area contributed by atoms with Crippen LogP contribution < -0.4 is 4.90 Å². The average molecular weight is 326 g/mol. The lowest BCUT2D eigenvalue weighted by Gasteiger charge is -2.37. The maximum absolute atomic E-state index is 11.7. The van der Waals surface area contributed by atoms with Crippen molar-refractivity contribution in [1.29, 1.82) is 0 Å². The molecule has 2 aromatic heterocycles. The van der Waals surface area contributed by atoms with Crippen molar-refractivity contribution in [3.63, 3.8) is 0 Å². The van der Waals surface area contributed by atoms with E-state index >= 15 is 0 Å². The number of hydrogen-bond acceptors (Lipinski definition) is 6. The van der Waals surface area contributed by atoms with E-state index in [0.29, 0.717) is 6.54 Å². The van der Waals surface area contributed by atoms with Crippen molar-refractivity contribution in [3.8, 4) is 0 Å². The van der Waals surface area contributed by atoms with Gasteiger partial charge in [-0.15, -0.1) is 11.3 Å². The fraction of sp³-hybridized carbons (Fsp3) is 0.538. The number of anilines is 1. The fourth-order valence-electron chi connectivity index (χ4n) is 2.74. The van der Waals surface area contributed by atoms with Crippen LogP contribution in [0, 0.1) is 0 Å². The van der Waals surface area contributed by atoms with Gasteiger partial charge in [-0.1, -0.05) is 0 Å². The third-order valence-corrected chi connectivity index (χ3v) is 6.14. The molecule has 21 heavy (non-hydrogen) atoms. The molecule has 0 radical (unpaired) electrons. The Kier molecular flexibility index (Phi) is 3.85. The molecule has 3 rings (SSSR count). The molecule has 0 N–H and O–H groups in total. The topological polar surface area (TPSA) is 66.4 Å². The number of fused-ring (bicyclic) bond motifs is 1. The highest BCUT2D eigenvalue weighted by atomic mass is 32.2. The monoisotopic (exact) mass is 326 g/mol. The van der Waals surface area contributed by atoms with Crippen LogP contribution in [0.25, 0.3) is 10.2 Å². The number of sulfonamides is 1. The molecule has 0 saturated carbocycles. The molecule has 8 heteroatoms. The lowest BCUT2D eigenvalue weighted by atomic mass is 10.1. The first-order valence-corrected chi connectivity index (χ1v) is 9.56. The van der Waals surface area contributed by atoms with Crippen molar-refractivity contribution in [2.24, 2.45) is 0 Å². The van der Waals surface area contributed by atoms with E-state index in [9.17, 15) is 8.42 Å². The van der Waals surface area contributed by atoms with E-state index < -0.39 is 10.0 Å². The summed E-state index contributed by atoms with van der Waals surface area (Å²) in [6.07, 6.45) is 4.68. The van der Waals surface area contributed by atoms with Crippen LogP contribution in [0.5, 0.6) is 0 Å². The Morgan fingerprint density at radius 2 is 2.24 bits per heavy atom. The molecular weight excluding hydrogens is 308 g/mol. The van der Waals surface area contributed by atoms with Crippen molar-refractivity contribution in [1.82, 2.24) is 14.3 Å². The molecule has 0 aromatic carbocycles. The van der Waals surface area contributed by atoms with Gasteiger partial charge in [-0.05, 0) is 24.3 Å². The zero-order valence-corrected chi connectivity index (χ0v) is 13.7. The summed E-state index contributed by atoms with van der Waals surface area (Å²) in [5.74, 6) is 0.910. The highest BCUT2D eigenvalue weighted by Crippen LogP contribution is 2.29. The fourth-order valence-corrected chi connectivity index (χ4v) is 4.18. The van der Waals surface area contributed by atoms with Crippen molar-refractivity contribution < 1.29 is 8.42 Å². The number of piperidine rings is 1. The molecule has 1 atom stereocenters. The second-order valence-corrected chi connectivity index (χ2v) is 8.29. The quantitative estimate of drug-likeness (QED) is 0.856. The van der Waals surface area contributed by atoms with Gasteiger partial charge in [0, 0.05) is 26.2 Å². The van der Waals surface area contributed by atoms with E-state index in [4.69, 9.17) is 0 Å². The molecule has 114 valence electrons. The normalized spacial score (nSPS) is 20.3. The van der Waals surface area contributed by atoms with Crippen LogP contribution in [0.2, 0.25) is 0 Å². The average Bonchev–Trinajstić information content (AvgIpc) is 2.94. The molecule has 1 fully saturated rings. The summed E-state index contributed by atoms with van der Waals surface area (Å²) in [6, 6.07) is 2.02. The van der Waals surface area contributed by atoms with Crippen LogP contribution in [-0.2, 0) is 10.0 Å². The Balaban J connectivity index is 1.88. The molecule has 0 aliphatic carbocycles. The number of nitrogens with zero attached hydrogens (tertiary/aromatic N) is 4. The molecule has 1 aliphatic heterocycles. The number of rotatable bonds is 3. The predicted octanol–water partition coefficient (Wildman–Crippen LogP) is 1.55. The molecular formula is C13H18N4O2S2. The minimum absolute atomic E-state index is 0.00241. The van der Waals surface area contributed by atoms with E-state index in [-0.39, 0.29) is 6.04 Å². The second kappa shape index (κ2) is 5.51. The van der Waals surface area contributed by atoms with Gasteiger partial charge < -0.3 is 4.90 Å². The lowest BCUT2D eigenvalue weighted by Crippen LogP contribution is -2.48. The van der Waals surface area contributed by atoms with E-state index in [1.807, 2.05) is 11.4 Å². The molecule has 0 bridgehead atoms. The van der Waals surface area contributed by atoms with Gasteiger partial charge in [0.2, 0.25) is 10.0 Å². The second-order valence-electron chi connectivity index (χ2n) is 5.36. The third-order valence-electron chi connectivity index (χ3n) is 3.97. The first kappa shape index (κ1) is 14.7. The summed E-state index contributed by atoms with van der Waals surface area (Å²) in [7, 11) is -1.51. The zero-order valence-electron chi connectivity index (χ0n) is 12.1. The third kappa shape index (κ3) is 2.88. The maximum atomic E-state index is 11.7. The molecule has 3 heterocycles. The van der Waals surface area contributed by atoms with Crippen molar-refractivity contribution in [3.05, 3.63) is 17.8 Å². The highest BCUT2D eigenvalue weighted by Gasteiger charge is 2.29. The van der Waals surface area contributed by atoms with Gasteiger partial charge in [0.05, 0.1) is 11.6 Å². The first-order valence-electron chi connectivity index (χ1n) is 6.83. The summed E-state index contributed by atoms with van der Waals surface area (Å²) in [6.45, 7) is 1.57. The van der Waals surface area contributed by atoms with Crippen LogP contribution in [0.4, 0.5) is 5.82 Å². The minimum atomic E-state index is -3.16. The number of aromatic nitrogens is 2. The standard InChI is InChI=1S/C13H18N4O2S2/c1-16(21(2,18)19)10-4-3-6-17(8-10)12-11-5-7-20-13(11)15-9-14-12/h5,7,9-10H,3-4,6,8H2,1-2H3. The Labute approximate surface area is 128 Å². The summed E-state index contributed by atoms with van der Waals surface area (Å²) >= 11 is 1.59. The van der Waals surface area contributed by atoms with E-state index in [1.54, 1.807) is 24.7 Å².